The first-order valence-electron chi connectivity index (χ1n) is 33.1. The lowest BCUT2D eigenvalue weighted by Gasteiger charge is -2.18. The van der Waals surface area contributed by atoms with Gasteiger partial charge in [-0.1, -0.05) is 274 Å². The Balaban J connectivity index is 4.27. The summed E-state index contributed by atoms with van der Waals surface area (Å²) in [6.45, 7) is 6.32. The summed E-state index contributed by atoms with van der Waals surface area (Å²) in [5.41, 5.74) is 0. The van der Waals surface area contributed by atoms with Crippen LogP contribution in [0.4, 0.5) is 0 Å². The maximum atomic E-state index is 12.9. The second-order valence-electron chi connectivity index (χ2n) is 21.3. The summed E-state index contributed by atoms with van der Waals surface area (Å²) < 4.78 is 16.9. The predicted octanol–water partition coefficient (Wildman–Crippen LogP) is 23.0. The molecule has 0 fully saturated rings. The van der Waals surface area contributed by atoms with Crippen molar-refractivity contribution < 1.29 is 28.6 Å². The van der Waals surface area contributed by atoms with Crippen LogP contribution in [0.3, 0.4) is 0 Å². The molecule has 6 heteroatoms. The molecule has 0 saturated carbocycles. The molecule has 1 unspecified atom stereocenters. The number of rotatable bonds is 58. The Hall–Kier alpha value is -5.23. The first-order chi connectivity index (χ1) is 40.5. The number of hydrogen-bond acceptors (Lipinski definition) is 6. The lowest BCUT2D eigenvalue weighted by molar-refractivity contribution is -0.167. The molecule has 460 valence electrons. The van der Waals surface area contributed by atoms with Gasteiger partial charge in [0.2, 0.25) is 0 Å². The monoisotopic (exact) mass is 1130 g/mol. The molecule has 0 saturated heterocycles. The Labute approximate surface area is 504 Å². The highest BCUT2D eigenvalue weighted by molar-refractivity contribution is 5.71. The lowest BCUT2D eigenvalue weighted by atomic mass is 10.1. The molecule has 0 heterocycles. The van der Waals surface area contributed by atoms with E-state index in [9.17, 15) is 14.4 Å². The van der Waals surface area contributed by atoms with E-state index in [0.717, 1.165) is 180 Å². The fourth-order valence-corrected chi connectivity index (χ4v) is 8.55. The molecule has 1 atom stereocenters. The number of allylic oxidation sites excluding steroid dienone is 28. The minimum atomic E-state index is -0.802. The Morgan fingerprint density at radius 2 is 0.476 bits per heavy atom. The summed E-state index contributed by atoms with van der Waals surface area (Å²) >= 11 is 0. The Kier molecular flexibility index (Phi) is 63.9. The average molecular weight is 1130 g/mol. The molecule has 0 aromatic carbocycles. The third kappa shape index (κ3) is 65.6. The van der Waals surface area contributed by atoms with E-state index in [0.29, 0.717) is 19.3 Å². The normalized spacial score (nSPS) is 13.3. The first-order valence-corrected chi connectivity index (χ1v) is 33.1. The topological polar surface area (TPSA) is 78.9 Å². The molecule has 0 aliphatic heterocycles. The van der Waals surface area contributed by atoms with Crippen LogP contribution in [0.15, 0.2) is 170 Å². The third-order valence-electron chi connectivity index (χ3n) is 13.4. The van der Waals surface area contributed by atoms with Crippen molar-refractivity contribution in [3.8, 4) is 0 Å². The van der Waals surface area contributed by atoms with Gasteiger partial charge in [0.15, 0.2) is 6.10 Å². The molecule has 0 aromatic heterocycles. The second-order valence-corrected chi connectivity index (χ2v) is 21.3. The number of ether oxygens (including phenoxy) is 3. The third-order valence-corrected chi connectivity index (χ3v) is 13.4. The molecule has 0 bridgehead atoms. The molecule has 0 aliphatic rings. The highest BCUT2D eigenvalue weighted by atomic mass is 16.6. The van der Waals surface area contributed by atoms with E-state index in [1.165, 1.54) is 51.4 Å². The number of carbonyl (C=O) groups excluding carboxylic acids is 3. The van der Waals surface area contributed by atoms with E-state index < -0.39 is 6.10 Å². The van der Waals surface area contributed by atoms with Gasteiger partial charge in [0.25, 0.3) is 0 Å². The highest BCUT2D eigenvalue weighted by Crippen LogP contribution is 2.14. The van der Waals surface area contributed by atoms with E-state index in [2.05, 4.69) is 191 Å². The SMILES string of the molecule is CC/C=C\C/C=C\C/C=C\C/C=C\C/C=C\C/C=C\C/C=C\C/C=C\C/C=C\CCCCCCCCCC(=O)OCC(COC(=O)CCCCCCC/C=C\CCC)OC(=O)CCCCCCCC/C=C\C/C=C\C/C=C\C/C=C\CC. The van der Waals surface area contributed by atoms with Gasteiger partial charge in [-0.25, -0.2) is 0 Å². The van der Waals surface area contributed by atoms with E-state index in [4.69, 9.17) is 14.2 Å². The van der Waals surface area contributed by atoms with Gasteiger partial charge >= 0.3 is 17.9 Å². The van der Waals surface area contributed by atoms with E-state index in [-0.39, 0.29) is 31.1 Å². The molecule has 82 heavy (non-hydrogen) atoms. The van der Waals surface area contributed by atoms with Crippen molar-refractivity contribution in [1.29, 1.82) is 0 Å². The van der Waals surface area contributed by atoms with Crippen LogP contribution in [0, 0.1) is 0 Å². The van der Waals surface area contributed by atoms with Crippen molar-refractivity contribution in [2.45, 2.75) is 277 Å². The standard InChI is InChI=1S/C76H120O6/c1-4-7-10-13-16-19-22-24-26-28-30-31-32-33-34-35-36-37-38-39-40-41-42-43-44-45-47-48-50-52-54-57-60-63-66-69-75(78)81-72-73(71-80-74(77)68-65-62-59-56-21-18-15-12-9-6-3)82-76(79)70-67-64-61-58-55-53-51-49-46-29-27-25-23-20-17-14-11-8-5-2/h7-8,10-12,15-17,19-20,24-27,30-31,33-34,36-37,39-40,42-43,45-47,49,73H,4-6,9,13-14,18,21-23,28-29,32,35,38,41,44,48,50-72H2,1-3H3/b10-7-,11-8-,15-12-,19-16-,20-17-,26-24-,27-25-,31-30-,34-33-,37-36-,40-39-,43-42-,47-45-,49-46-. The van der Waals surface area contributed by atoms with E-state index >= 15 is 0 Å². The second kappa shape index (κ2) is 68.3. The first kappa shape index (κ1) is 76.8. The summed E-state index contributed by atoms with van der Waals surface area (Å²) in [5.74, 6) is -0.938. The van der Waals surface area contributed by atoms with Crippen LogP contribution in [0.1, 0.15) is 271 Å². The van der Waals surface area contributed by atoms with Crippen molar-refractivity contribution >= 4 is 17.9 Å². The molecular weight excluding hydrogens is 1010 g/mol. The van der Waals surface area contributed by atoms with Crippen LogP contribution >= 0.6 is 0 Å². The molecule has 0 radical (unpaired) electrons. The zero-order valence-electron chi connectivity index (χ0n) is 52.7. The molecule has 6 nitrogen and oxygen atoms in total. The van der Waals surface area contributed by atoms with Crippen molar-refractivity contribution in [3.63, 3.8) is 0 Å². The van der Waals surface area contributed by atoms with Gasteiger partial charge < -0.3 is 14.2 Å². The minimum Gasteiger partial charge on any atom is -0.462 e. The maximum Gasteiger partial charge on any atom is 0.306 e. The van der Waals surface area contributed by atoms with Crippen LogP contribution in [0.2, 0.25) is 0 Å². The molecule has 0 aliphatic carbocycles. The molecule has 0 rings (SSSR count). The van der Waals surface area contributed by atoms with Crippen LogP contribution in [-0.4, -0.2) is 37.2 Å². The number of esters is 3. The average Bonchev–Trinajstić information content (AvgIpc) is 3.48. The lowest BCUT2D eigenvalue weighted by Crippen LogP contribution is -2.30. The van der Waals surface area contributed by atoms with E-state index in [1.807, 2.05) is 0 Å². The quantitative estimate of drug-likeness (QED) is 0.0261. The smallest absolute Gasteiger partial charge is 0.306 e. The molecule has 0 aromatic rings. The van der Waals surface area contributed by atoms with Crippen molar-refractivity contribution in [2.24, 2.45) is 0 Å². The largest absolute Gasteiger partial charge is 0.462 e. The molecule has 0 spiro atoms. The number of hydrogen-bond donors (Lipinski definition) is 0. The zero-order chi connectivity index (χ0) is 59.2. The van der Waals surface area contributed by atoms with Gasteiger partial charge in [-0.3, -0.25) is 14.4 Å². The van der Waals surface area contributed by atoms with Crippen LogP contribution in [0.5, 0.6) is 0 Å². The van der Waals surface area contributed by atoms with Crippen molar-refractivity contribution in [3.05, 3.63) is 170 Å². The maximum absolute atomic E-state index is 12.9. The Morgan fingerprint density at radius 1 is 0.256 bits per heavy atom. The van der Waals surface area contributed by atoms with Gasteiger partial charge in [0.1, 0.15) is 13.2 Å². The van der Waals surface area contributed by atoms with Gasteiger partial charge in [-0.2, -0.15) is 0 Å². The van der Waals surface area contributed by atoms with Crippen LogP contribution in [0.25, 0.3) is 0 Å². The molecular formula is C76H120O6. The van der Waals surface area contributed by atoms with E-state index in [1.54, 1.807) is 0 Å². The fraction of sp³-hybridized carbons (Fsp3) is 0.592. The highest BCUT2D eigenvalue weighted by Gasteiger charge is 2.19. The van der Waals surface area contributed by atoms with Crippen LogP contribution < -0.4 is 0 Å². The van der Waals surface area contributed by atoms with Crippen molar-refractivity contribution in [2.75, 3.05) is 13.2 Å². The number of unbranched alkanes of at least 4 members (excludes halogenated alkanes) is 19. The Morgan fingerprint density at radius 3 is 0.756 bits per heavy atom. The van der Waals surface area contributed by atoms with Crippen molar-refractivity contribution in [1.82, 2.24) is 0 Å². The van der Waals surface area contributed by atoms with Crippen LogP contribution in [-0.2, 0) is 28.6 Å². The summed E-state index contributed by atoms with van der Waals surface area (Å²) in [7, 11) is 0. The summed E-state index contributed by atoms with van der Waals surface area (Å²) in [6.07, 6.45) is 101. The number of carbonyl (C=O) groups is 3. The van der Waals surface area contributed by atoms with Gasteiger partial charge in [0, 0.05) is 19.3 Å². The van der Waals surface area contributed by atoms with Gasteiger partial charge in [0.05, 0.1) is 0 Å². The zero-order valence-corrected chi connectivity index (χ0v) is 52.7. The van der Waals surface area contributed by atoms with Gasteiger partial charge in [-0.15, -0.1) is 0 Å². The summed E-state index contributed by atoms with van der Waals surface area (Å²) in [6, 6.07) is 0. The molecule has 0 N–H and O–H groups in total. The molecule has 0 amide bonds. The minimum absolute atomic E-state index is 0.0980. The fourth-order valence-electron chi connectivity index (χ4n) is 8.55. The van der Waals surface area contributed by atoms with Gasteiger partial charge in [-0.05, 0) is 148 Å². The summed E-state index contributed by atoms with van der Waals surface area (Å²) in [4.78, 5) is 38.2. The Bertz CT molecular complexity index is 1870. The summed E-state index contributed by atoms with van der Waals surface area (Å²) in [5, 5.41) is 0. The predicted molar refractivity (Wildman–Crippen MR) is 357 cm³/mol.